The highest BCUT2D eigenvalue weighted by atomic mass is 16.5. The maximum Gasteiger partial charge on any atom is 0.167 e. The fourth-order valence-electron chi connectivity index (χ4n) is 3.10. The molecule has 0 atom stereocenters. The van der Waals surface area contributed by atoms with Crippen molar-refractivity contribution in [3.05, 3.63) is 59.4 Å². The Balaban J connectivity index is 2.20. The summed E-state index contributed by atoms with van der Waals surface area (Å²) < 4.78 is 7.71. The molecule has 2 aromatic heterocycles. The van der Waals surface area contributed by atoms with E-state index in [0.717, 1.165) is 39.8 Å². The molecule has 0 amide bonds. The summed E-state index contributed by atoms with van der Waals surface area (Å²) in [6.07, 6.45) is 2.94. The fraction of sp³-hybridized carbons (Fsp3) is 0.286. The van der Waals surface area contributed by atoms with E-state index in [9.17, 15) is 4.79 Å². The Labute approximate surface area is 142 Å². The number of carbonyl (C=O) groups is 1. The number of aryl methyl sites for hydroxylation is 1. The number of nitrogens with zero attached hydrogens (tertiary/aromatic N) is 1. The summed E-state index contributed by atoms with van der Waals surface area (Å²) in [5, 5.41) is 0. The van der Waals surface area contributed by atoms with Gasteiger partial charge in [0, 0.05) is 17.3 Å². The average molecular weight is 321 g/mol. The number of pyridine rings is 1. The number of hydrogen-bond acceptors (Lipinski definition) is 2. The van der Waals surface area contributed by atoms with Gasteiger partial charge in [-0.3, -0.25) is 4.79 Å². The zero-order valence-corrected chi connectivity index (χ0v) is 14.7. The molecule has 0 fully saturated rings. The van der Waals surface area contributed by atoms with Gasteiger partial charge in [-0.2, -0.15) is 0 Å². The van der Waals surface area contributed by atoms with Crippen LogP contribution in [0.5, 0.6) is 5.75 Å². The molecular formula is C21H23NO2. The van der Waals surface area contributed by atoms with Crippen molar-refractivity contribution in [2.45, 2.75) is 33.6 Å². The first-order valence-corrected chi connectivity index (χ1v) is 8.39. The summed E-state index contributed by atoms with van der Waals surface area (Å²) in [4.78, 5) is 11.7. The lowest BCUT2D eigenvalue weighted by Crippen LogP contribution is -1.99. The molecule has 0 spiro atoms. The van der Waals surface area contributed by atoms with Gasteiger partial charge in [-0.25, -0.2) is 0 Å². The molecule has 124 valence electrons. The zero-order valence-electron chi connectivity index (χ0n) is 14.7. The van der Waals surface area contributed by atoms with Gasteiger partial charge >= 0.3 is 0 Å². The van der Waals surface area contributed by atoms with E-state index in [0.29, 0.717) is 18.2 Å². The van der Waals surface area contributed by atoms with Gasteiger partial charge < -0.3 is 9.14 Å². The van der Waals surface area contributed by atoms with E-state index >= 15 is 0 Å². The van der Waals surface area contributed by atoms with E-state index in [1.807, 2.05) is 42.6 Å². The van der Waals surface area contributed by atoms with E-state index in [1.165, 1.54) is 0 Å². The van der Waals surface area contributed by atoms with Crippen LogP contribution in [0.4, 0.5) is 0 Å². The first-order valence-electron chi connectivity index (χ1n) is 8.39. The van der Waals surface area contributed by atoms with Crippen LogP contribution in [0.25, 0.3) is 16.6 Å². The number of hydrogen-bond donors (Lipinski definition) is 0. The highest BCUT2D eigenvalue weighted by Gasteiger charge is 2.15. The first-order chi connectivity index (χ1) is 11.5. The zero-order chi connectivity index (χ0) is 17.3. The maximum atomic E-state index is 11.7. The number of ether oxygens (including phenoxy) is 1. The molecule has 0 aliphatic heterocycles. The molecule has 1 aromatic carbocycles. The Morgan fingerprint density at radius 2 is 1.96 bits per heavy atom. The number of benzene rings is 1. The van der Waals surface area contributed by atoms with Crippen LogP contribution >= 0.6 is 0 Å². The second-order valence-corrected chi connectivity index (χ2v) is 6.40. The van der Waals surface area contributed by atoms with Gasteiger partial charge in [0.15, 0.2) is 6.29 Å². The van der Waals surface area contributed by atoms with Gasteiger partial charge in [0.2, 0.25) is 0 Å². The topological polar surface area (TPSA) is 30.7 Å². The summed E-state index contributed by atoms with van der Waals surface area (Å²) in [6.45, 7) is 8.98. The van der Waals surface area contributed by atoms with Crippen molar-refractivity contribution in [2.24, 2.45) is 0 Å². The van der Waals surface area contributed by atoms with Crippen LogP contribution in [0, 0.1) is 6.92 Å². The van der Waals surface area contributed by atoms with Crippen LogP contribution in [0.1, 0.15) is 48.3 Å². The molecule has 0 radical (unpaired) electrons. The lowest BCUT2D eigenvalue weighted by molar-refractivity contribution is 0.111. The Morgan fingerprint density at radius 1 is 1.17 bits per heavy atom. The van der Waals surface area contributed by atoms with Crippen molar-refractivity contribution >= 4 is 11.8 Å². The smallest absolute Gasteiger partial charge is 0.167 e. The van der Waals surface area contributed by atoms with Gasteiger partial charge in [0.05, 0.1) is 12.3 Å². The second-order valence-electron chi connectivity index (χ2n) is 6.40. The molecule has 0 bridgehead atoms. The molecule has 0 unspecified atom stereocenters. The summed E-state index contributed by atoms with van der Waals surface area (Å²) in [6, 6.07) is 12.4. The molecule has 0 saturated heterocycles. The van der Waals surface area contributed by atoms with Crippen LogP contribution in [0.2, 0.25) is 0 Å². The summed E-state index contributed by atoms with van der Waals surface area (Å²) in [5.41, 5.74) is 6.01. The molecule has 3 nitrogen and oxygen atoms in total. The van der Waals surface area contributed by atoms with Crippen molar-refractivity contribution in [2.75, 3.05) is 6.61 Å². The van der Waals surface area contributed by atoms with Crippen molar-refractivity contribution in [3.63, 3.8) is 0 Å². The molecular weight excluding hydrogens is 298 g/mol. The number of carbonyl (C=O) groups excluding carboxylic acids is 1. The minimum atomic E-state index is 0.352. The SMILES string of the molecule is CCOc1ccc(-c2cc3ccc(C)cn3c2C=O)cc1C(C)C. The van der Waals surface area contributed by atoms with Gasteiger partial charge in [0.1, 0.15) is 5.75 Å². The highest BCUT2D eigenvalue weighted by Crippen LogP contribution is 2.34. The van der Waals surface area contributed by atoms with Crippen LogP contribution < -0.4 is 4.74 Å². The third-order valence-corrected chi connectivity index (χ3v) is 4.31. The van der Waals surface area contributed by atoms with Crippen molar-refractivity contribution < 1.29 is 9.53 Å². The van der Waals surface area contributed by atoms with Crippen LogP contribution in [-0.4, -0.2) is 17.3 Å². The van der Waals surface area contributed by atoms with Crippen LogP contribution in [0.3, 0.4) is 0 Å². The van der Waals surface area contributed by atoms with Gasteiger partial charge in [-0.05, 0) is 60.7 Å². The Hall–Kier alpha value is -2.55. The normalized spacial score (nSPS) is 11.2. The largest absolute Gasteiger partial charge is 0.494 e. The number of aldehydes is 1. The standard InChI is InChI=1S/C21H23NO2/c1-5-24-21-9-7-16(10-18(21)14(2)3)19-11-17-8-6-15(4)12-22(17)20(19)13-23/h6-14H,5H2,1-4H3. The third-order valence-electron chi connectivity index (χ3n) is 4.31. The van der Waals surface area contributed by atoms with Gasteiger partial charge in [-0.15, -0.1) is 0 Å². The van der Waals surface area contributed by atoms with E-state index in [2.05, 4.69) is 32.0 Å². The molecule has 0 saturated carbocycles. The van der Waals surface area contributed by atoms with Crippen molar-refractivity contribution in [1.29, 1.82) is 0 Å². The fourth-order valence-corrected chi connectivity index (χ4v) is 3.10. The minimum Gasteiger partial charge on any atom is -0.494 e. The molecule has 3 aromatic rings. The molecule has 3 heteroatoms. The number of aromatic nitrogens is 1. The predicted molar refractivity (Wildman–Crippen MR) is 98.2 cm³/mol. The molecule has 3 rings (SSSR count). The molecule has 24 heavy (non-hydrogen) atoms. The Kier molecular flexibility index (Phi) is 4.43. The lowest BCUT2D eigenvalue weighted by atomic mass is 9.96. The summed E-state index contributed by atoms with van der Waals surface area (Å²) in [7, 11) is 0. The Morgan fingerprint density at radius 3 is 2.62 bits per heavy atom. The highest BCUT2D eigenvalue weighted by molar-refractivity contribution is 5.90. The van der Waals surface area contributed by atoms with E-state index < -0.39 is 0 Å². The Bertz CT molecular complexity index is 890. The average Bonchev–Trinajstić information content (AvgIpc) is 2.92. The van der Waals surface area contributed by atoms with Crippen molar-refractivity contribution in [3.8, 4) is 16.9 Å². The first kappa shape index (κ1) is 16.3. The monoisotopic (exact) mass is 321 g/mol. The maximum absolute atomic E-state index is 11.7. The predicted octanol–water partition coefficient (Wildman–Crippen LogP) is 5.25. The minimum absolute atomic E-state index is 0.352. The van der Waals surface area contributed by atoms with E-state index in [1.54, 1.807) is 0 Å². The van der Waals surface area contributed by atoms with Crippen LogP contribution in [0.15, 0.2) is 42.6 Å². The third kappa shape index (κ3) is 2.82. The molecule has 0 N–H and O–H groups in total. The molecule has 0 aliphatic carbocycles. The molecule has 0 aliphatic rings. The second kappa shape index (κ2) is 6.52. The lowest BCUT2D eigenvalue weighted by Gasteiger charge is -2.14. The van der Waals surface area contributed by atoms with E-state index in [4.69, 9.17) is 4.74 Å². The van der Waals surface area contributed by atoms with E-state index in [-0.39, 0.29) is 0 Å². The van der Waals surface area contributed by atoms with Gasteiger partial charge in [0.25, 0.3) is 0 Å². The quantitative estimate of drug-likeness (QED) is 0.601. The van der Waals surface area contributed by atoms with Gasteiger partial charge in [-0.1, -0.05) is 26.0 Å². The van der Waals surface area contributed by atoms with Crippen molar-refractivity contribution in [1.82, 2.24) is 4.40 Å². The number of fused-ring (bicyclic) bond motifs is 1. The molecule has 2 heterocycles. The summed E-state index contributed by atoms with van der Waals surface area (Å²) >= 11 is 0. The summed E-state index contributed by atoms with van der Waals surface area (Å²) in [5.74, 6) is 1.27. The number of rotatable bonds is 5. The van der Waals surface area contributed by atoms with Crippen LogP contribution in [-0.2, 0) is 0 Å².